The van der Waals surface area contributed by atoms with Gasteiger partial charge in [0.2, 0.25) is 0 Å². The first-order chi connectivity index (χ1) is 9.54. The van der Waals surface area contributed by atoms with Gasteiger partial charge < -0.3 is 9.84 Å². The SMILES string of the molecule is CCOC(=O)C1CCC(O)(CN(CC#N)CC#N)CC1. The third-order valence-electron chi connectivity index (χ3n) is 3.64. The number of esters is 1. The highest BCUT2D eigenvalue weighted by atomic mass is 16.5. The Kier molecular flexibility index (Phi) is 6.44. The standard InChI is InChI=1S/C14H21N3O3/c1-2-20-13(18)12-3-5-14(19,6-4-12)11-17(9-7-15)10-8-16/h12,19H,2-6,9-11H2,1H3. The molecule has 0 aliphatic heterocycles. The maximum atomic E-state index is 11.6. The Morgan fingerprint density at radius 3 is 2.35 bits per heavy atom. The molecule has 1 aliphatic carbocycles. The minimum absolute atomic E-state index is 0.122. The van der Waals surface area contributed by atoms with Gasteiger partial charge in [-0.2, -0.15) is 10.5 Å². The molecule has 6 heteroatoms. The first-order valence-corrected chi connectivity index (χ1v) is 6.90. The molecule has 0 bridgehead atoms. The van der Waals surface area contributed by atoms with Crippen molar-refractivity contribution in [3.63, 3.8) is 0 Å². The van der Waals surface area contributed by atoms with Gasteiger partial charge in [-0.05, 0) is 32.6 Å². The lowest BCUT2D eigenvalue weighted by molar-refractivity contribution is -0.151. The van der Waals surface area contributed by atoms with Gasteiger partial charge in [0.1, 0.15) is 0 Å². The maximum absolute atomic E-state index is 11.6. The molecule has 6 nitrogen and oxygen atoms in total. The van der Waals surface area contributed by atoms with Crippen LogP contribution in [0.4, 0.5) is 0 Å². The number of hydrogen-bond acceptors (Lipinski definition) is 6. The third-order valence-corrected chi connectivity index (χ3v) is 3.64. The smallest absolute Gasteiger partial charge is 0.308 e. The lowest BCUT2D eigenvalue weighted by atomic mass is 9.78. The van der Waals surface area contributed by atoms with Gasteiger partial charge in [-0.25, -0.2) is 0 Å². The molecule has 0 aromatic heterocycles. The highest BCUT2D eigenvalue weighted by molar-refractivity contribution is 5.72. The van der Waals surface area contributed by atoms with Crippen LogP contribution in [0, 0.1) is 28.6 Å². The summed E-state index contributed by atoms with van der Waals surface area (Å²) >= 11 is 0. The Balaban J connectivity index is 2.51. The molecule has 0 aromatic rings. The van der Waals surface area contributed by atoms with E-state index in [0.29, 0.717) is 38.8 Å². The van der Waals surface area contributed by atoms with Gasteiger partial charge in [0.25, 0.3) is 0 Å². The first kappa shape index (κ1) is 16.4. The summed E-state index contributed by atoms with van der Waals surface area (Å²) in [6.45, 7) is 2.69. The van der Waals surface area contributed by atoms with E-state index in [1.54, 1.807) is 11.8 Å². The normalized spacial score (nSPS) is 25.8. The summed E-state index contributed by atoms with van der Waals surface area (Å²) in [5, 5.41) is 27.9. The largest absolute Gasteiger partial charge is 0.466 e. The number of rotatable bonds is 6. The van der Waals surface area contributed by atoms with E-state index in [-0.39, 0.29) is 25.0 Å². The molecule has 1 rings (SSSR count). The van der Waals surface area contributed by atoms with Crippen LogP contribution in [-0.4, -0.2) is 47.8 Å². The second-order valence-electron chi connectivity index (χ2n) is 5.21. The van der Waals surface area contributed by atoms with E-state index in [1.807, 2.05) is 12.1 Å². The molecule has 1 fully saturated rings. The number of carbonyl (C=O) groups excluding carboxylic acids is 1. The van der Waals surface area contributed by atoms with Gasteiger partial charge in [-0.15, -0.1) is 0 Å². The molecular formula is C14H21N3O3. The van der Waals surface area contributed by atoms with E-state index in [0.717, 1.165) is 0 Å². The van der Waals surface area contributed by atoms with Crippen molar-refractivity contribution in [3.05, 3.63) is 0 Å². The zero-order chi connectivity index (χ0) is 15.0. The summed E-state index contributed by atoms with van der Waals surface area (Å²) in [7, 11) is 0. The van der Waals surface area contributed by atoms with E-state index in [2.05, 4.69) is 0 Å². The molecule has 1 aliphatic rings. The Morgan fingerprint density at radius 1 is 1.35 bits per heavy atom. The van der Waals surface area contributed by atoms with Gasteiger partial charge in [0.15, 0.2) is 0 Å². The highest BCUT2D eigenvalue weighted by Crippen LogP contribution is 2.33. The van der Waals surface area contributed by atoms with Crippen molar-refractivity contribution in [2.24, 2.45) is 5.92 Å². The molecule has 0 radical (unpaired) electrons. The molecule has 0 unspecified atom stereocenters. The van der Waals surface area contributed by atoms with Crippen molar-refractivity contribution < 1.29 is 14.6 Å². The molecule has 1 saturated carbocycles. The lowest BCUT2D eigenvalue weighted by Crippen LogP contribution is -2.46. The maximum Gasteiger partial charge on any atom is 0.308 e. The Labute approximate surface area is 119 Å². The fourth-order valence-corrected chi connectivity index (χ4v) is 2.59. The fourth-order valence-electron chi connectivity index (χ4n) is 2.59. The van der Waals surface area contributed by atoms with Crippen molar-refractivity contribution in [3.8, 4) is 12.1 Å². The van der Waals surface area contributed by atoms with Crippen LogP contribution in [-0.2, 0) is 9.53 Å². The Morgan fingerprint density at radius 2 is 1.90 bits per heavy atom. The summed E-state index contributed by atoms with van der Waals surface area (Å²) in [5.41, 5.74) is -0.920. The van der Waals surface area contributed by atoms with E-state index in [4.69, 9.17) is 15.3 Å². The zero-order valence-corrected chi connectivity index (χ0v) is 11.8. The molecule has 1 N–H and O–H groups in total. The second-order valence-corrected chi connectivity index (χ2v) is 5.21. The number of aliphatic hydroxyl groups is 1. The molecule has 0 aromatic carbocycles. The molecule has 0 spiro atoms. The number of nitriles is 2. The van der Waals surface area contributed by atoms with Gasteiger partial charge >= 0.3 is 5.97 Å². The third kappa shape index (κ3) is 4.80. The summed E-state index contributed by atoms with van der Waals surface area (Å²) in [5.74, 6) is -0.337. The van der Waals surface area contributed by atoms with Crippen LogP contribution in [0.2, 0.25) is 0 Å². The van der Waals surface area contributed by atoms with Crippen molar-refractivity contribution in [1.82, 2.24) is 4.90 Å². The van der Waals surface area contributed by atoms with Crippen LogP contribution >= 0.6 is 0 Å². The number of hydrogen-bond donors (Lipinski definition) is 1. The molecule has 110 valence electrons. The topological polar surface area (TPSA) is 97.3 Å². The van der Waals surface area contributed by atoms with Gasteiger partial charge in [-0.3, -0.25) is 9.69 Å². The van der Waals surface area contributed by atoms with Crippen LogP contribution in [0.25, 0.3) is 0 Å². The van der Waals surface area contributed by atoms with Crippen LogP contribution in [0.1, 0.15) is 32.6 Å². The molecule has 0 atom stereocenters. The molecule has 20 heavy (non-hydrogen) atoms. The Hall–Kier alpha value is -1.63. The molecule has 0 heterocycles. The second kappa shape index (κ2) is 7.84. The monoisotopic (exact) mass is 279 g/mol. The highest BCUT2D eigenvalue weighted by Gasteiger charge is 2.37. The van der Waals surface area contributed by atoms with Gasteiger partial charge in [0, 0.05) is 6.54 Å². The lowest BCUT2D eigenvalue weighted by Gasteiger charge is -2.37. The van der Waals surface area contributed by atoms with Crippen molar-refractivity contribution >= 4 is 5.97 Å². The van der Waals surface area contributed by atoms with Crippen molar-refractivity contribution in [1.29, 1.82) is 10.5 Å². The minimum atomic E-state index is -0.920. The first-order valence-electron chi connectivity index (χ1n) is 6.90. The number of nitrogens with zero attached hydrogens (tertiary/aromatic N) is 3. The summed E-state index contributed by atoms with van der Waals surface area (Å²) in [6, 6.07) is 3.99. The average molecular weight is 279 g/mol. The van der Waals surface area contributed by atoms with E-state index in [9.17, 15) is 9.90 Å². The van der Waals surface area contributed by atoms with Crippen molar-refractivity contribution in [2.45, 2.75) is 38.2 Å². The predicted octanol–water partition coefficient (Wildman–Crippen LogP) is 0.820. The Bertz CT molecular complexity index is 387. The fraction of sp³-hybridized carbons (Fsp3) is 0.786. The van der Waals surface area contributed by atoms with Gasteiger partial charge in [0.05, 0.1) is 43.4 Å². The van der Waals surface area contributed by atoms with E-state index >= 15 is 0 Å². The minimum Gasteiger partial charge on any atom is -0.466 e. The van der Waals surface area contributed by atoms with Crippen LogP contribution < -0.4 is 0 Å². The van der Waals surface area contributed by atoms with E-state index < -0.39 is 5.60 Å². The van der Waals surface area contributed by atoms with Crippen LogP contribution in [0.15, 0.2) is 0 Å². The quantitative estimate of drug-likeness (QED) is 0.571. The summed E-state index contributed by atoms with van der Waals surface area (Å²) < 4.78 is 4.99. The van der Waals surface area contributed by atoms with Gasteiger partial charge in [-0.1, -0.05) is 0 Å². The van der Waals surface area contributed by atoms with Crippen LogP contribution in [0.3, 0.4) is 0 Å². The number of carbonyl (C=O) groups is 1. The van der Waals surface area contributed by atoms with Crippen molar-refractivity contribution in [2.75, 3.05) is 26.2 Å². The molecule has 0 amide bonds. The zero-order valence-electron chi connectivity index (χ0n) is 11.8. The molecule has 0 saturated heterocycles. The van der Waals surface area contributed by atoms with Crippen LogP contribution in [0.5, 0.6) is 0 Å². The molecular weight excluding hydrogens is 258 g/mol. The predicted molar refractivity (Wildman–Crippen MR) is 71.2 cm³/mol. The van der Waals surface area contributed by atoms with E-state index in [1.165, 1.54) is 0 Å². The number of ether oxygens (including phenoxy) is 1. The average Bonchev–Trinajstić information content (AvgIpc) is 2.40. The summed E-state index contributed by atoms with van der Waals surface area (Å²) in [6.07, 6.45) is 2.15. The summed E-state index contributed by atoms with van der Waals surface area (Å²) in [4.78, 5) is 13.3.